The molecule has 1 aliphatic rings. The second kappa shape index (κ2) is 10.9. The SMILES string of the molecule is CCN1CCCC1CNC(=NC)NCC(C)c1cccc(C)c1.I. The number of guanidine groups is 1. The van der Waals surface area contributed by atoms with Crippen molar-refractivity contribution in [3.8, 4) is 0 Å². The van der Waals surface area contributed by atoms with Crippen LogP contribution in [-0.4, -0.2) is 50.1 Å². The van der Waals surface area contributed by atoms with Crippen molar-refractivity contribution in [2.75, 3.05) is 33.2 Å². The maximum Gasteiger partial charge on any atom is 0.191 e. The molecule has 4 nitrogen and oxygen atoms in total. The Morgan fingerprint density at radius 1 is 1.38 bits per heavy atom. The summed E-state index contributed by atoms with van der Waals surface area (Å²) in [5.41, 5.74) is 2.69. The second-order valence-corrected chi connectivity index (χ2v) is 6.57. The molecule has 2 N–H and O–H groups in total. The summed E-state index contributed by atoms with van der Waals surface area (Å²) in [6.45, 7) is 10.9. The number of nitrogens with zero attached hydrogens (tertiary/aromatic N) is 2. The van der Waals surface area contributed by atoms with Crippen molar-refractivity contribution in [1.29, 1.82) is 0 Å². The average Bonchev–Trinajstić information content (AvgIpc) is 3.02. The summed E-state index contributed by atoms with van der Waals surface area (Å²) in [6.07, 6.45) is 2.61. The molecular weight excluding hydrogens is 411 g/mol. The summed E-state index contributed by atoms with van der Waals surface area (Å²) in [5, 5.41) is 6.96. The number of likely N-dealkylation sites (N-methyl/N-ethyl adjacent to an activating group) is 1. The molecule has 0 aromatic heterocycles. The van der Waals surface area contributed by atoms with Crippen LogP contribution in [0.25, 0.3) is 0 Å². The summed E-state index contributed by atoms with van der Waals surface area (Å²) in [5.74, 6) is 1.37. The molecule has 2 rings (SSSR count). The predicted octanol–water partition coefficient (Wildman–Crippen LogP) is 3.37. The fourth-order valence-corrected chi connectivity index (χ4v) is 3.32. The Hall–Kier alpha value is -0.820. The Kier molecular flexibility index (Phi) is 9.66. The van der Waals surface area contributed by atoms with E-state index in [2.05, 4.69) is 65.6 Å². The van der Waals surface area contributed by atoms with Gasteiger partial charge in [-0.3, -0.25) is 9.89 Å². The summed E-state index contributed by atoms with van der Waals surface area (Å²) in [4.78, 5) is 6.91. The van der Waals surface area contributed by atoms with Crippen molar-refractivity contribution in [2.45, 2.75) is 45.6 Å². The normalized spacial score (nSPS) is 19.7. The van der Waals surface area contributed by atoms with E-state index in [1.54, 1.807) is 0 Å². The van der Waals surface area contributed by atoms with Crippen molar-refractivity contribution in [2.24, 2.45) is 4.99 Å². The number of aryl methyl sites for hydroxylation is 1. The quantitative estimate of drug-likeness (QED) is 0.402. The van der Waals surface area contributed by atoms with Gasteiger partial charge in [-0.1, -0.05) is 43.7 Å². The molecule has 1 aromatic carbocycles. The highest BCUT2D eigenvalue weighted by Crippen LogP contribution is 2.16. The van der Waals surface area contributed by atoms with E-state index in [4.69, 9.17) is 0 Å². The lowest BCUT2D eigenvalue weighted by molar-refractivity contribution is 0.267. The molecule has 136 valence electrons. The Morgan fingerprint density at radius 3 is 2.83 bits per heavy atom. The Labute approximate surface area is 164 Å². The molecule has 2 unspecified atom stereocenters. The standard InChI is InChI=1S/C19H32N4.HI/c1-5-23-11-7-10-18(23)14-22-19(20-4)21-13-16(3)17-9-6-8-15(2)12-17;/h6,8-9,12,16,18H,5,7,10-11,13-14H2,1-4H3,(H2,20,21,22);1H. The van der Waals surface area contributed by atoms with Crippen LogP contribution in [0.1, 0.15) is 43.7 Å². The minimum atomic E-state index is 0. The molecule has 5 heteroatoms. The van der Waals surface area contributed by atoms with Gasteiger partial charge in [-0.15, -0.1) is 24.0 Å². The van der Waals surface area contributed by atoms with Crippen molar-refractivity contribution in [3.05, 3.63) is 35.4 Å². The zero-order valence-corrected chi connectivity index (χ0v) is 17.8. The molecule has 1 fully saturated rings. The van der Waals surface area contributed by atoms with Crippen LogP contribution in [0.2, 0.25) is 0 Å². The van der Waals surface area contributed by atoms with Crippen molar-refractivity contribution >= 4 is 29.9 Å². The van der Waals surface area contributed by atoms with Crippen LogP contribution in [0.3, 0.4) is 0 Å². The fraction of sp³-hybridized carbons (Fsp3) is 0.632. The molecule has 24 heavy (non-hydrogen) atoms. The molecule has 0 amide bonds. The number of nitrogens with one attached hydrogen (secondary N) is 2. The zero-order chi connectivity index (χ0) is 16.7. The maximum absolute atomic E-state index is 4.36. The van der Waals surface area contributed by atoms with E-state index in [9.17, 15) is 0 Å². The number of likely N-dealkylation sites (tertiary alicyclic amines) is 1. The number of hydrogen-bond donors (Lipinski definition) is 2. The molecule has 0 bridgehead atoms. The lowest BCUT2D eigenvalue weighted by Gasteiger charge is -2.24. The van der Waals surface area contributed by atoms with Gasteiger partial charge in [0.15, 0.2) is 5.96 Å². The Bertz CT molecular complexity index is 518. The molecule has 0 spiro atoms. The van der Waals surface area contributed by atoms with Gasteiger partial charge >= 0.3 is 0 Å². The number of rotatable bonds is 6. The molecule has 0 aliphatic carbocycles. The van der Waals surface area contributed by atoms with Crippen molar-refractivity contribution in [1.82, 2.24) is 15.5 Å². The number of halogens is 1. The molecule has 2 atom stereocenters. The molecular formula is C19H33IN4. The van der Waals surface area contributed by atoms with Crippen molar-refractivity contribution < 1.29 is 0 Å². The number of benzene rings is 1. The van der Waals surface area contributed by atoms with Gasteiger partial charge < -0.3 is 10.6 Å². The first-order chi connectivity index (χ1) is 11.1. The van der Waals surface area contributed by atoms with Gasteiger partial charge in [-0.25, -0.2) is 0 Å². The lowest BCUT2D eigenvalue weighted by atomic mass is 9.99. The summed E-state index contributed by atoms with van der Waals surface area (Å²) >= 11 is 0. The maximum atomic E-state index is 4.36. The highest BCUT2D eigenvalue weighted by Gasteiger charge is 2.22. The van der Waals surface area contributed by atoms with Crippen molar-refractivity contribution in [3.63, 3.8) is 0 Å². The molecule has 1 heterocycles. The third-order valence-corrected chi connectivity index (χ3v) is 4.82. The van der Waals surface area contributed by atoms with E-state index in [0.29, 0.717) is 12.0 Å². The van der Waals surface area contributed by atoms with Gasteiger partial charge in [0.2, 0.25) is 0 Å². The van der Waals surface area contributed by atoms with E-state index in [0.717, 1.165) is 25.6 Å². The first kappa shape index (κ1) is 21.2. The largest absolute Gasteiger partial charge is 0.356 e. The Morgan fingerprint density at radius 2 is 2.17 bits per heavy atom. The van der Waals surface area contributed by atoms with Crippen LogP contribution in [-0.2, 0) is 0 Å². The topological polar surface area (TPSA) is 39.7 Å². The summed E-state index contributed by atoms with van der Waals surface area (Å²) in [7, 11) is 1.85. The summed E-state index contributed by atoms with van der Waals surface area (Å²) in [6, 6.07) is 9.39. The van der Waals surface area contributed by atoms with Gasteiger partial charge in [0.1, 0.15) is 0 Å². The second-order valence-electron chi connectivity index (χ2n) is 6.57. The zero-order valence-electron chi connectivity index (χ0n) is 15.5. The third kappa shape index (κ3) is 6.24. The minimum absolute atomic E-state index is 0. The molecule has 1 aromatic rings. The van der Waals surface area contributed by atoms with E-state index >= 15 is 0 Å². The first-order valence-electron chi connectivity index (χ1n) is 8.89. The van der Waals surface area contributed by atoms with Gasteiger partial charge in [0.25, 0.3) is 0 Å². The highest BCUT2D eigenvalue weighted by molar-refractivity contribution is 14.0. The first-order valence-corrected chi connectivity index (χ1v) is 8.89. The highest BCUT2D eigenvalue weighted by atomic mass is 127. The van der Waals surface area contributed by atoms with Crippen LogP contribution < -0.4 is 10.6 Å². The van der Waals surface area contributed by atoms with E-state index in [-0.39, 0.29) is 24.0 Å². The van der Waals surface area contributed by atoms with E-state index < -0.39 is 0 Å². The van der Waals surface area contributed by atoms with Gasteiger partial charge in [-0.2, -0.15) is 0 Å². The smallest absolute Gasteiger partial charge is 0.191 e. The predicted molar refractivity (Wildman–Crippen MR) is 115 cm³/mol. The third-order valence-electron chi connectivity index (χ3n) is 4.82. The van der Waals surface area contributed by atoms with Crippen LogP contribution in [0.15, 0.2) is 29.3 Å². The van der Waals surface area contributed by atoms with Crippen LogP contribution in [0.5, 0.6) is 0 Å². The molecule has 1 saturated heterocycles. The molecule has 0 saturated carbocycles. The molecule has 0 radical (unpaired) electrons. The monoisotopic (exact) mass is 444 g/mol. The van der Waals surface area contributed by atoms with Gasteiger partial charge in [0, 0.05) is 26.2 Å². The summed E-state index contributed by atoms with van der Waals surface area (Å²) < 4.78 is 0. The van der Waals surface area contributed by atoms with Gasteiger partial charge in [-0.05, 0) is 44.3 Å². The van der Waals surface area contributed by atoms with Crippen LogP contribution in [0.4, 0.5) is 0 Å². The average molecular weight is 444 g/mol. The minimum Gasteiger partial charge on any atom is -0.356 e. The number of aliphatic imine (C=N–C) groups is 1. The van der Waals surface area contributed by atoms with Crippen LogP contribution in [0, 0.1) is 6.92 Å². The fourth-order valence-electron chi connectivity index (χ4n) is 3.32. The number of hydrogen-bond acceptors (Lipinski definition) is 2. The van der Waals surface area contributed by atoms with E-state index in [1.807, 2.05) is 7.05 Å². The van der Waals surface area contributed by atoms with Crippen LogP contribution >= 0.6 is 24.0 Å². The van der Waals surface area contributed by atoms with E-state index in [1.165, 1.54) is 30.5 Å². The molecule has 1 aliphatic heterocycles. The lowest BCUT2D eigenvalue weighted by Crippen LogP contribution is -2.45. The van der Waals surface area contributed by atoms with Gasteiger partial charge in [0.05, 0.1) is 0 Å². The Balaban J connectivity index is 0.00000288.